The summed E-state index contributed by atoms with van der Waals surface area (Å²) in [4.78, 5) is 0. The van der Waals surface area contributed by atoms with Crippen LogP contribution in [0, 0.1) is 7.14 Å². The van der Waals surface area contributed by atoms with Crippen LogP contribution in [0.15, 0.2) is 72.8 Å². The summed E-state index contributed by atoms with van der Waals surface area (Å²) in [5.41, 5.74) is 4.94. The molecule has 0 fully saturated rings. The molecule has 3 aromatic rings. The van der Waals surface area contributed by atoms with E-state index >= 15 is 0 Å². The highest BCUT2D eigenvalue weighted by Crippen LogP contribution is 2.24. The van der Waals surface area contributed by atoms with Crippen molar-refractivity contribution < 1.29 is 0 Å². The van der Waals surface area contributed by atoms with Crippen molar-refractivity contribution in [3.8, 4) is 0 Å². The molecule has 24 heavy (non-hydrogen) atoms. The van der Waals surface area contributed by atoms with Crippen molar-refractivity contribution in [2.45, 2.75) is 0 Å². The zero-order chi connectivity index (χ0) is 16.8. The highest BCUT2D eigenvalue weighted by Gasteiger charge is 2.03. The predicted molar refractivity (Wildman–Crippen MR) is 123 cm³/mol. The summed E-state index contributed by atoms with van der Waals surface area (Å²) in [6.45, 7) is 0. The van der Waals surface area contributed by atoms with Crippen molar-refractivity contribution in [1.29, 1.82) is 0 Å². The molecule has 0 aliphatic rings. The molecule has 0 bridgehead atoms. The summed E-state index contributed by atoms with van der Waals surface area (Å²) in [5.74, 6) is 0. The molecule has 2 heteroatoms. The highest BCUT2D eigenvalue weighted by atomic mass is 127. The zero-order valence-electron chi connectivity index (χ0n) is 13.0. The molecule has 3 aromatic carbocycles. The first-order valence-corrected chi connectivity index (χ1v) is 9.83. The Balaban J connectivity index is 1.83. The lowest BCUT2D eigenvalue weighted by atomic mass is 10.1. The van der Waals surface area contributed by atoms with E-state index in [4.69, 9.17) is 0 Å². The maximum atomic E-state index is 2.41. The fraction of sp³-hybridized carbons (Fsp3) is 0. The Labute approximate surface area is 170 Å². The number of hydrogen-bond donors (Lipinski definition) is 0. The van der Waals surface area contributed by atoms with E-state index in [2.05, 4.69) is 130 Å². The molecule has 0 nitrogen and oxygen atoms in total. The van der Waals surface area contributed by atoms with Crippen molar-refractivity contribution in [3.05, 3.63) is 102 Å². The fourth-order valence-electron chi connectivity index (χ4n) is 2.33. The van der Waals surface area contributed by atoms with Crippen LogP contribution in [0.3, 0.4) is 0 Å². The van der Waals surface area contributed by atoms with Gasteiger partial charge < -0.3 is 0 Å². The minimum Gasteiger partial charge on any atom is -0.0622 e. The molecule has 0 N–H and O–H groups in total. The van der Waals surface area contributed by atoms with Gasteiger partial charge in [0.1, 0.15) is 0 Å². The minimum absolute atomic E-state index is 1.22. The second kappa shape index (κ2) is 8.62. The van der Waals surface area contributed by atoms with E-state index in [-0.39, 0.29) is 0 Å². The van der Waals surface area contributed by atoms with Gasteiger partial charge in [0.05, 0.1) is 0 Å². The Hall–Kier alpha value is -1.40. The molecule has 0 atom stereocenters. The van der Waals surface area contributed by atoms with Crippen LogP contribution in [-0.2, 0) is 0 Å². The Morgan fingerprint density at radius 3 is 1.25 bits per heavy atom. The molecule has 0 aliphatic heterocycles. The summed E-state index contributed by atoms with van der Waals surface area (Å²) in [6, 6.07) is 25.3. The predicted octanol–water partition coefficient (Wildman–Crippen LogP) is 7.24. The largest absolute Gasteiger partial charge is 0.0622 e. The molecule has 118 valence electrons. The number of hydrogen-bond acceptors (Lipinski definition) is 0. The maximum absolute atomic E-state index is 2.41. The Bertz CT molecular complexity index is 788. The van der Waals surface area contributed by atoms with E-state index < -0.39 is 0 Å². The van der Waals surface area contributed by atoms with Gasteiger partial charge in [0.25, 0.3) is 0 Å². The van der Waals surface area contributed by atoms with Crippen LogP contribution >= 0.6 is 45.2 Å². The standard InChI is InChI=1S/C22H16I2/c23-21-16-20(14-12-18-9-5-2-6-10-18)22(24)15-19(21)13-11-17-7-3-1-4-8-17/h1-16H. The van der Waals surface area contributed by atoms with E-state index in [0.29, 0.717) is 0 Å². The van der Waals surface area contributed by atoms with E-state index in [1.54, 1.807) is 0 Å². The van der Waals surface area contributed by atoms with Gasteiger partial charge in [0.15, 0.2) is 0 Å². The lowest BCUT2D eigenvalue weighted by Gasteiger charge is -2.05. The van der Waals surface area contributed by atoms with Crippen LogP contribution < -0.4 is 0 Å². The summed E-state index contributed by atoms with van der Waals surface area (Å²) in [6.07, 6.45) is 8.69. The molecule has 0 saturated heterocycles. The third-order valence-corrected chi connectivity index (χ3v) is 5.49. The minimum atomic E-state index is 1.22. The Morgan fingerprint density at radius 1 is 0.500 bits per heavy atom. The first kappa shape index (κ1) is 17.4. The van der Waals surface area contributed by atoms with Gasteiger partial charge in [-0.05, 0) is 79.6 Å². The SMILES string of the molecule is Ic1cc(C=Cc2ccccc2)c(I)cc1C=Cc1ccccc1. The molecule has 0 heterocycles. The second-order valence-electron chi connectivity index (χ2n) is 5.38. The summed E-state index contributed by atoms with van der Waals surface area (Å²) < 4.78 is 2.51. The average Bonchev–Trinajstić information content (AvgIpc) is 2.62. The van der Waals surface area contributed by atoms with Gasteiger partial charge in [-0.2, -0.15) is 0 Å². The van der Waals surface area contributed by atoms with Gasteiger partial charge >= 0.3 is 0 Å². The van der Waals surface area contributed by atoms with E-state index in [0.717, 1.165) is 0 Å². The van der Waals surface area contributed by atoms with Gasteiger partial charge in [-0.15, -0.1) is 0 Å². The molecule has 0 amide bonds. The zero-order valence-corrected chi connectivity index (χ0v) is 17.3. The molecule has 0 spiro atoms. The fourth-order valence-corrected chi connectivity index (χ4v) is 3.68. The molecule has 0 aromatic heterocycles. The van der Waals surface area contributed by atoms with Crippen LogP contribution in [0.4, 0.5) is 0 Å². The van der Waals surface area contributed by atoms with Crippen LogP contribution in [0.1, 0.15) is 22.3 Å². The monoisotopic (exact) mass is 534 g/mol. The Morgan fingerprint density at radius 2 is 0.875 bits per heavy atom. The smallest absolute Gasteiger partial charge is 0.0209 e. The molecular weight excluding hydrogens is 518 g/mol. The Kier molecular flexibility index (Phi) is 6.26. The van der Waals surface area contributed by atoms with E-state index in [1.165, 1.54) is 29.4 Å². The number of rotatable bonds is 4. The van der Waals surface area contributed by atoms with Crippen LogP contribution in [0.25, 0.3) is 24.3 Å². The normalized spacial score (nSPS) is 11.4. The first-order chi connectivity index (χ1) is 11.7. The highest BCUT2D eigenvalue weighted by molar-refractivity contribution is 14.1. The molecular formula is C22H16I2. The topological polar surface area (TPSA) is 0 Å². The third kappa shape index (κ3) is 4.80. The number of benzene rings is 3. The first-order valence-electron chi connectivity index (χ1n) is 7.68. The van der Waals surface area contributed by atoms with E-state index in [9.17, 15) is 0 Å². The molecule has 0 saturated carbocycles. The van der Waals surface area contributed by atoms with Crippen LogP contribution in [-0.4, -0.2) is 0 Å². The molecule has 0 radical (unpaired) electrons. The van der Waals surface area contributed by atoms with Crippen molar-refractivity contribution in [2.24, 2.45) is 0 Å². The third-order valence-electron chi connectivity index (χ3n) is 3.63. The quantitative estimate of drug-likeness (QED) is 0.245. The molecule has 0 unspecified atom stereocenters. The van der Waals surface area contributed by atoms with Crippen molar-refractivity contribution in [2.75, 3.05) is 0 Å². The van der Waals surface area contributed by atoms with Gasteiger partial charge in [0.2, 0.25) is 0 Å². The van der Waals surface area contributed by atoms with Gasteiger partial charge in [-0.25, -0.2) is 0 Å². The lowest BCUT2D eigenvalue weighted by Crippen LogP contribution is -1.87. The van der Waals surface area contributed by atoms with E-state index in [1.807, 2.05) is 12.1 Å². The average molecular weight is 534 g/mol. The van der Waals surface area contributed by atoms with Crippen molar-refractivity contribution in [1.82, 2.24) is 0 Å². The summed E-state index contributed by atoms with van der Waals surface area (Å²) >= 11 is 4.82. The van der Waals surface area contributed by atoms with Crippen LogP contribution in [0.2, 0.25) is 0 Å². The van der Waals surface area contributed by atoms with Gasteiger partial charge in [-0.1, -0.05) is 85.0 Å². The maximum Gasteiger partial charge on any atom is 0.0209 e. The molecule has 0 aliphatic carbocycles. The van der Waals surface area contributed by atoms with Gasteiger partial charge in [0, 0.05) is 7.14 Å². The summed E-state index contributed by atoms with van der Waals surface area (Å²) in [7, 11) is 0. The van der Waals surface area contributed by atoms with Crippen molar-refractivity contribution in [3.63, 3.8) is 0 Å². The second-order valence-corrected chi connectivity index (χ2v) is 7.71. The lowest BCUT2D eigenvalue weighted by molar-refractivity contribution is 1.52. The van der Waals surface area contributed by atoms with Crippen molar-refractivity contribution >= 4 is 69.5 Å². The van der Waals surface area contributed by atoms with Gasteiger partial charge in [-0.3, -0.25) is 0 Å². The molecule has 3 rings (SSSR count). The number of halogens is 2. The van der Waals surface area contributed by atoms with Crippen LogP contribution in [0.5, 0.6) is 0 Å². The summed E-state index contributed by atoms with van der Waals surface area (Å²) in [5, 5.41) is 0.